The van der Waals surface area contributed by atoms with Gasteiger partial charge in [0, 0.05) is 12.7 Å². The van der Waals surface area contributed by atoms with Crippen molar-refractivity contribution in [1.29, 1.82) is 5.26 Å². The highest BCUT2D eigenvalue weighted by Crippen LogP contribution is 2.10. The number of benzene rings is 1. The van der Waals surface area contributed by atoms with E-state index in [0.29, 0.717) is 16.9 Å². The van der Waals surface area contributed by atoms with Gasteiger partial charge in [0.05, 0.1) is 24.2 Å². The normalized spacial score (nSPS) is 9.65. The largest absolute Gasteiger partial charge is 0.330 e. The van der Waals surface area contributed by atoms with Crippen LogP contribution in [0.2, 0.25) is 0 Å². The monoisotopic (exact) mass is 226 g/mol. The molecule has 17 heavy (non-hydrogen) atoms. The highest BCUT2D eigenvalue weighted by atomic mass is 16.1. The van der Waals surface area contributed by atoms with Crippen molar-refractivity contribution in [1.82, 2.24) is 9.55 Å². The Bertz CT molecular complexity index is 577. The predicted molar refractivity (Wildman–Crippen MR) is 62.3 cm³/mol. The minimum absolute atomic E-state index is 0.227. The summed E-state index contributed by atoms with van der Waals surface area (Å²) in [6.07, 6.45) is 3.06. The van der Waals surface area contributed by atoms with Crippen molar-refractivity contribution >= 4 is 11.6 Å². The van der Waals surface area contributed by atoms with Gasteiger partial charge in [0.25, 0.3) is 5.91 Å². The van der Waals surface area contributed by atoms with Gasteiger partial charge in [-0.3, -0.25) is 4.79 Å². The van der Waals surface area contributed by atoms with Crippen LogP contribution in [0.4, 0.5) is 5.69 Å². The SMILES string of the molecule is Cn1cncc1C(=O)Nc1ccc(C#N)cc1. The van der Waals surface area contributed by atoms with Gasteiger partial charge in [0.15, 0.2) is 0 Å². The minimum atomic E-state index is -0.227. The Morgan fingerprint density at radius 3 is 2.65 bits per heavy atom. The summed E-state index contributed by atoms with van der Waals surface area (Å²) >= 11 is 0. The molecule has 5 nitrogen and oxygen atoms in total. The summed E-state index contributed by atoms with van der Waals surface area (Å²) in [4.78, 5) is 15.7. The molecular formula is C12H10N4O. The Balaban J connectivity index is 2.14. The van der Waals surface area contributed by atoms with E-state index < -0.39 is 0 Å². The summed E-state index contributed by atoms with van der Waals surface area (Å²) in [6, 6.07) is 8.70. The number of amides is 1. The van der Waals surface area contributed by atoms with Crippen LogP contribution in [0.25, 0.3) is 0 Å². The molecule has 5 heteroatoms. The third-order valence-electron chi connectivity index (χ3n) is 2.32. The molecule has 1 N–H and O–H groups in total. The van der Waals surface area contributed by atoms with Crippen LogP contribution in [0, 0.1) is 11.3 Å². The Labute approximate surface area is 98.3 Å². The number of imidazole rings is 1. The van der Waals surface area contributed by atoms with Crippen LogP contribution in [-0.4, -0.2) is 15.5 Å². The highest BCUT2D eigenvalue weighted by molar-refractivity contribution is 6.02. The van der Waals surface area contributed by atoms with Crippen molar-refractivity contribution in [2.45, 2.75) is 0 Å². The third kappa shape index (κ3) is 2.32. The van der Waals surface area contributed by atoms with E-state index in [2.05, 4.69) is 10.3 Å². The second-order valence-electron chi connectivity index (χ2n) is 3.53. The van der Waals surface area contributed by atoms with Crippen LogP contribution in [0.5, 0.6) is 0 Å². The lowest BCUT2D eigenvalue weighted by Gasteiger charge is -2.05. The van der Waals surface area contributed by atoms with E-state index in [4.69, 9.17) is 5.26 Å². The Kier molecular flexibility index (Phi) is 2.88. The molecule has 0 saturated heterocycles. The first-order valence-electron chi connectivity index (χ1n) is 4.98. The zero-order valence-corrected chi connectivity index (χ0v) is 9.21. The maximum atomic E-state index is 11.8. The predicted octanol–water partition coefficient (Wildman–Crippen LogP) is 1.54. The molecule has 1 aromatic heterocycles. The average Bonchev–Trinajstić information content (AvgIpc) is 2.76. The molecule has 84 valence electrons. The maximum absolute atomic E-state index is 11.8. The van der Waals surface area contributed by atoms with Gasteiger partial charge in [-0.1, -0.05) is 0 Å². The Hall–Kier alpha value is -2.61. The molecule has 0 bridgehead atoms. The van der Waals surface area contributed by atoms with E-state index in [9.17, 15) is 4.79 Å². The Morgan fingerprint density at radius 2 is 2.12 bits per heavy atom. The van der Waals surface area contributed by atoms with Gasteiger partial charge in [-0.2, -0.15) is 5.26 Å². The van der Waals surface area contributed by atoms with Gasteiger partial charge in [0.2, 0.25) is 0 Å². The lowest BCUT2D eigenvalue weighted by molar-refractivity contribution is 0.101. The number of hydrogen-bond acceptors (Lipinski definition) is 3. The third-order valence-corrected chi connectivity index (χ3v) is 2.32. The molecule has 0 fully saturated rings. The summed E-state index contributed by atoms with van der Waals surface area (Å²) in [5, 5.41) is 11.4. The van der Waals surface area contributed by atoms with Crippen LogP contribution in [0.3, 0.4) is 0 Å². The van der Waals surface area contributed by atoms with Crippen molar-refractivity contribution in [3.05, 3.63) is 48.0 Å². The first-order valence-corrected chi connectivity index (χ1v) is 4.98. The first kappa shape index (κ1) is 10.9. The van der Waals surface area contributed by atoms with E-state index in [1.165, 1.54) is 6.20 Å². The van der Waals surface area contributed by atoms with Gasteiger partial charge in [0.1, 0.15) is 5.69 Å². The van der Waals surface area contributed by atoms with E-state index in [-0.39, 0.29) is 5.91 Å². The van der Waals surface area contributed by atoms with E-state index in [1.807, 2.05) is 6.07 Å². The first-order chi connectivity index (χ1) is 8.20. The lowest BCUT2D eigenvalue weighted by Crippen LogP contribution is -2.15. The fraction of sp³-hybridized carbons (Fsp3) is 0.0833. The number of aryl methyl sites for hydroxylation is 1. The van der Waals surface area contributed by atoms with Crippen LogP contribution < -0.4 is 5.32 Å². The zero-order valence-electron chi connectivity index (χ0n) is 9.21. The summed E-state index contributed by atoms with van der Waals surface area (Å²) in [7, 11) is 1.75. The molecule has 0 spiro atoms. The maximum Gasteiger partial charge on any atom is 0.273 e. The van der Waals surface area contributed by atoms with Gasteiger partial charge < -0.3 is 9.88 Å². The number of nitrogens with one attached hydrogen (secondary N) is 1. The quantitative estimate of drug-likeness (QED) is 0.844. The van der Waals surface area contributed by atoms with Crippen molar-refractivity contribution in [2.24, 2.45) is 7.05 Å². The fourth-order valence-corrected chi connectivity index (χ4v) is 1.40. The van der Waals surface area contributed by atoms with Gasteiger partial charge in [-0.05, 0) is 24.3 Å². The number of nitrogens with zero attached hydrogens (tertiary/aromatic N) is 3. The summed E-state index contributed by atoms with van der Waals surface area (Å²) in [5.74, 6) is -0.227. The van der Waals surface area contributed by atoms with Crippen LogP contribution >= 0.6 is 0 Å². The second-order valence-corrected chi connectivity index (χ2v) is 3.53. The number of nitriles is 1. The van der Waals surface area contributed by atoms with Crippen LogP contribution in [0.15, 0.2) is 36.8 Å². The number of carbonyl (C=O) groups excluding carboxylic acids is 1. The lowest BCUT2D eigenvalue weighted by atomic mass is 10.2. The number of carbonyl (C=O) groups is 1. The molecule has 1 aromatic carbocycles. The number of hydrogen-bond donors (Lipinski definition) is 1. The Morgan fingerprint density at radius 1 is 1.41 bits per heavy atom. The molecule has 0 aliphatic carbocycles. The fourth-order valence-electron chi connectivity index (χ4n) is 1.40. The highest BCUT2D eigenvalue weighted by Gasteiger charge is 2.09. The van der Waals surface area contributed by atoms with Crippen LogP contribution in [-0.2, 0) is 7.05 Å². The molecule has 2 aromatic rings. The van der Waals surface area contributed by atoms with E-state index in [0.717, 1.165) is 0 Å². The smallest absolute Gasteiger partial charge is 0.273 e. The molecule has 0 aliphatic heterocycles. The molecule has 0 radical (unpaired) electrons. The van der Waals surface area contributed by atoms with Gasteiger partial charge in [-0.25, -0.2) is 4.98 Å². The molecule has 0 atom stereocenters. The van der Waals surface area contributed by atoms with Gasteiger partial charge in [-0.15, -0.1) is 0 Å². The van der Waals surface area contributed by atoms with Crippen molar-refractivity contribution in [2.75, 3.05) is 5.32 Å². The molecular weight excluding hydrogens is 216 g/mol. The summed E-state index contributed by atoms with van der Waals surface area (Å²) < 4.78 is 1.64. The zero-order chi connectivity index (χ0) is 12.3. The van der Waals surface area contributed by atoms with Crippen LogP contribution in [0.1, 0.15) is 16.1 Å². The van der Waals surface area contributed by atoms with Crippen molar-refractivity contribution < 1.29 is 4.79 Å². The molecule has 0 unspecified atom stereocenters. The summed E-state index contributed by atoms with van der Waals surface area (Å²) in [6.45, 7) is 0. The topological polar surface area (TPSA) is 70.7 Å². The van der Waals surface area contributed by atoms with Gasteiger partial charge >= 0.3 is 0 Å². The van der Waals surface area contributed by atoms with Crippen molar-refractivity contribution in [3.63, 3.8) is 0 Å². The average molecular weight is 226 g/mol. The van der Waals surface area contributed by atoms with E-state index in [1.54, 1.807) is 42.2 Å². The minimum Gasteiger partial charge on any atom is -0.330 e. The summed E-state index contributed by atoms with van der Waals surface area (Å²) in [5.41, 5.74) is 1.69. The number of anilines is 1. The molecule has 1 heterocycles. The molecule has 1 amide bonds. The number of aromatic nitrogens is 2. The molecule has 2 rings (SSSR count). The molecule has 0 saturated carbocycles. The molecule has 0 aliphatic rings. The number of rotatable bonds is 2. The van der Waals surface area contributed by atoms with Crippen molar-refractivity contribution in [3.8, 4) is 6.07 Å². The standard InChI is InChI=1S/C12H10N4O/c1-16-8-14-7-11(16)12(17)15-10-4-2-9(6-13)3-5-10/h2-5,7-8H,1H3,(H,15,17). The second kappa shape index (κ2) is 4.49. The van der Waals surface area contributed by atoms with E-state index >= 15 is 0 Å².